The maximum atomic E-state index is 12.5. The maximum absolute atomic E-state index is 12.5. The summed E-state index contributed by atoms with van der Waals surface area (Å²) in [5.41, 5.74) is 3.07. The van der Waals surface area contributed by atoms with Crippen LogP contribution in [0.2, 0.25) is 0 Å². The zero-order valence-corrected chi connectivity index (χ0v) is 18.9. The fourth-order valence-corrected chi connectivity index (χ4v) is 5.23. The van der Waals surface area contributed by atoms with Gasteiger partial charge >= 0.3 is 0 Å². The van der Waals surface area contributed by atoms with E-state index in [1.54, 1.807) is 44.6 Å². The lowest BCUT2D eigenvalue weighted by molar-refractivity contribution is -0.111. The van der Waals surface area contributed by atoms with Crippen molar-refractivity contribution in [3.8, 4) is 11.5 Å². The molecule has 2 aromatic rings. The highest BCUT2D eigenvalue weighted by molar-refractivity contribution is 7.92. The molecule has 3 rings (SSSR count). The van der Waals surface area contributed by atoms with Gasteiger partial charge in [0.15, 0.2) is 11.5 Å². The SMILES string of the molecule is CCCS(=O)(=O)N1CCCc2cc(NC(=O)/C=C/c3ccc(OC)c(OC)c3)ccc21. The molecule has 0 fully saturated rings. The zero-order chi connectivity index (χ0) is 22.4. The number of ether oxygens (including phenoxy) is 2. The molecule has 2 aromatic carbocycles. The summed E-state index contributed by atoms with van der Waals surface area (Å²) in [7, 11) is -0.192. The minimum Gasteiger partial charge on any atom is -0.493 e. The standard InChI is InChI=1S/C23H28N2O5S/c1-4-14-31(27,28)25-13-5-6-18-16-19(9-10-20(18)25)24-23(26)12-8-17-7-11-21(29-2)22(15-17)30-3/h7-12,15-16H,4-6,13-14H2,1-3H3,(H,24,26)/b12-8+. The molecule has 166 valence electrons. The van der Waals surface area contributed by atoms with E-state index in [1.807, 2.05) is 19.1 Å². The molecule has 31 heavy (non-hydrogen) atoms. The van der Waals surface area contributed by atoms with Gasteiger partial charge in [-0.25, -0.2) is 8.42 Å². The van der Waals surface area contributed by atoms with Crippen LogP contribution in [0.3, 0.4) is 0 Å². The number of benzene rings is 2. The summed E-state index contributed by atoms with van der Waals surface area (Å²) in [5.74, 6) is 1.06. The Balaban J connectivity index is 1.72. The molecule has 1 N–H and O–H groups in total. The summed E-state index contributed by atoms with van der Waals surface area (Å²) < 4.78 is 37.1. The second kappa shape index (κ2) is 9.87. The fourth-order valence-electron chi connectivity index (χ4n) is 3.61. The summed E-state index contributed by atoms with van der Waals surface area (Å²) in [5, 5.41) is 2.84. The molecule has 0 bridgehead atoms. The van der Waals surface area contributed by atoms with Crippen LogP contribution >= 0.6 is 0 Å². The van der Waals surface area contributed by atoms with Crippen LogP contribution in [0.15, 0.2) is 42.5 Å². The van der Waals surface area contributed by atoms with Crippen molar-refractivity contribution in [1.82, 2.24) is 0 Å². The number of methoxy groups -OCH3 is 2. The molecule has 1 amide bonds. The molecule has 0 radical (unpaired) electrons. The van der Waals surface area contributed by atoms with Gasteiger partial charge in [0.1, 0.15) is 0 Å². The number of carbonyl (C=O) groups excluding carboxylic acids is 1. The average molecular weight is 445 g/mol. The lowest BCUT2D eigenvalue weighted by atomic mass is 10.0. The van der Waals surface area contributed by atoms with Crippen LogP contribution in [0.1, 0.15) is 30.9 Å². The van der Waals surface area contributed by atoms with Crippen LogP contribution in [-0.2, 0) is 21.2 Å². The van der Waals surface area contributed by atoms with Crippen molar-refractivity contribution in [3.05, 3.63) is 53.6 Å². The van der Waals surface area contributed by atoms with Gasteiger partial charge in [0.2, 0.25) is 15.9 Å². The van der Waals surface area contributed by atoms with Gasteiger partial charge in [-0.05, 0) is 66.8 Å². The van der Waals surface area contributed by atoms with Gasteiger partial charge in [0.25, 0.3) is 0 Å². The second-order valence-corrected chi connectivity index (χ2v) is 9.29. The molecule has 0 unspecified atom stereocenters. The lowest BCUT2D eigenvalue weighted by Crippen LogP contribution is -2.37. The Hall–Kier alpha value is -3.00. The van der Waals surface area contributed by atoms with E-state index in [1.165, 1.54) is 10.4 Å². The van der Waals surface area contributed by atoms with Crippen LogP contribution in [-0.4, -0.2) is 40.8 Å². The Morgan fingerprint density at radius 1 is 1.13 bits per heavy atom. The third kappa shape index (κ3) is 5.38. The highest BCUT2D eigenvalue weighted by Gasteiger charge is 2.26. The second-order valence-electron chi connectivity index (χ2n) is 7.27. The van der Waals surface area contributed by atoms with E-state index < -0.39 is 10.0 Å². The molecule has 0 aliphatic carbocycles. The van der Waals surface area contributed by atoms with Crippen molar-refractivity contribution < 1.29 is 22.7 Å². The summed E-state index contributed by atoms with van der Waals surface area (Å²) in [4.78, 5) is 12.4. The number of anilines is 2. The van der Waals surface area contributed by atoms with E-state index in [0.717, 1.165) is 24.0 Å². The smallest absolute Gasteiger partial charge is 0.248 e. The number of nitrogens with one attached hydrogen (secondary N) is 1. The number of carbonyl (C=O) groups is 1. The van der Waals surface area contributed by atoms with Crippen molar-refractivity contribution in [2.75, 3.05) is 36.1 Å². The van der Waals surface area contributed by atoms with Crippen LogP contribution in [0.25, 0.3) is 6.08 Å². The van der Waals surface area contributed by atoms with Crippen molar-refractivity contribution in [2.45, 2.75) is 26.2 Å². The lowest BCUT2D eigenvalue weighted by Gasteiger charge is -2.30. The van der Waals surface area contributed by atoms with Gasteiger partial charge in [0, 0.05) is 18.3 Å². The molecule has 0 saturated heterocycles. The molecular weight excluding hydrogens is 416 g/mol. The van der Waals surface area contributed by atoms with Gasteiger partial charge in [-0.15, -0.1) is 0 Å². The Labute approximate surface area is 183 Å². The van der Waals surface area contributed by atoms with Gasteiger partial charge in [-0.3, -0.25) is 9.10 Å². The molecule has 0 saturated carbocycles. The van der Waals surface area contributed by atoms with Crippen molar-refractivity contribution in [3.63, 3.8) is 0 Å². The Kier molecular flexibility index (Phi) is 7.22. The number of fused-ring (bicyclic) bond motifs is 1. The summed E-state index contributed by atoms with van der Waals surface area (Å²) >= 11 is 0. The number of rotatable bonds is 8. The summed E-state index contributed by atoms with van der Waals surface area (Å²) in [6, 6.07) is 10.8. The van der Waals surface area contributed by atoms with E-state index in [9.17, 15) is 13.2 Å². The first-order valence-corrected chi connectivity index (χ1v) is 11.8. The van der Waals surface area contributed by atoms with Crippen LogP contribution in [0.4, 0.5) is 11.4 Å². The monoisotopic (exact) mass is 444 g/mol. The minimum absolute atomic E-state index is 0.131. The van der Waals surface area contributed by atoms with Gasteiger partial charge in [-0.2, -0.15) is 0 Å². The highest BCUT2D eigenvalue weighted by atomic mass is 32.2. The molecule has 0 atom stereocenters. The third-order valence-electron chi connectivity index (χ3n) is 5.06. The molecule has 1 aliphatic heterocycles. The number of nitrogens with zero attached hydrogens (tertiary/aromatic N) is 1. The van der Waals surface area contributed by atoms with E-state index in [-0.39, 0.29) is 11.7 Å². The first-order chi connectivity index (χ1) is 14.9. The number of aryl methyl sites for hydroxylation is 1. The van der Waals surface area contributed by atoms with Crippen molar-refractivity contribution in [2.24, 2.45) is 0 Å². The van der Waals surface area contributed by atoms with E-state index in [0.29, 0.717) is 35.8 Å². The predicted molar refractivity (Wildman–Crippen MR) is 123 cm³/mol. The average Bonchev–Trinajstić information content (AvgIpc) is 2.76. The maximum Gasteiger partial charge on any atom is 0.248 e. The molecule has 1 aliphatic rings. The Morgan fingerprint density at radius 3 is 2.61 bits per heavy atom. The number of hydrogen-bond donors (Lipinski definition) is 1. The van der Waals surface area contributed by atoms with E-state index in [4.69, 9.17) is 9.47 Å². The quantitative estimate of drug-likeness (QED) is 0.625. The molecular formula is C23H28N2O5S. The molecule has 0 aromatic heterocycles. The number of hydrogen-bond acceptors (Lipinski definition) is 5. The predicted octanol–water partition coefficient (Wildman–Crippen LogP) is 3.85. The largest absolute Gasteiger partial charge is 0.493 e. The first kappa shape index (κ1) is 22.7. The van der Waals surface area contributed by atoms with Gasteiger partial charge < -0.3 is 14.8 Å². The van der Waals surface area contributed by atoms with Crippen molar-refractivity contribution in [1.29, 1.82) is 0 Å². The number of amides is 1. The molecule has 1 heterocycles. The van der Waals surface area contributed by atoms with Crippen LogP contribution in [0, 0.1) is 0 Å². The van der Waals surface area contributed by atoms with Gasteiger partial charge in [-0.1, -0.05) is 13.0 Å². The summed E-state index contributed by atoms with van der Waals surface area (Å²) in [6.45, 7) is 2.35. The molecule has 7 nitrogen and oxygen atoms in total. The van der Waals surface area contributed by atoms with Crippen molar-refractivity contribution >= 4 is 33.4 Å². The third-order valence-corrected chi connectivity index (χ3v) is 7.03. The first-order valence-electron chi connectivity index (χ1n) is 10.2. The minimum atomic E-state index is -3.32. The topological polar surface area (TPSA) is 84.9 Å². The summed E-state index contributed by atoms with van der Waals surface area (Å²) in [6.07, 6.45) is 5.24. The Bertz CT molecular complexity index is 1080. The van der Waals surface area contributed by atoms with E-state index in [2.05, 4.69) is 5.32 Å². The Morgan fingerprint density at radius 2 is 1.90 bits per heavy atom. The number of sulfonamides is 1. The van der Waals surface area contributed by atoms with Crippen LogP contribution < -0.4 is 19.1 Å². The normalized spacial score (nSPS) is 13.7. The molecule has 8 heteroatoms. The molecule has 0 spiro atoms. The van der Waals surface area contributed by atoms with Crippen LogP contribution in [0.5, 0.6) is 11.5 Å². The van der Waals surface area contributed by atoms with Gasteiger partial charge in [0.05, 0.1) is 25.7 Å². The zero-order valence-electron chi connectivity index (χ0n) is 18.1. The highest BCUT2D eigenvalue weighted by Crippen LogP contribution is 2.32. The fraction of sp³-hybridized carbons (Fsp3) is 0.348. The van der Waals surface area contributed by atoms with E-state index >= 15 is 0 Å².